The molecule has 1 spiro atoms. The third kappa shape index (κ3) is 2.46. The summed E-state index contributed by atoms with van der Waals surface area (Å²) in [7, 11) is 0. The van der Waals surface area contributed by atoms with E-state index in [1.807, 2.05) is 0 Å². The molecule has 1 amide bonds. The van der Waals surface area contributed by atoms with Crippen LogP contribution < -0.4 is 4.90 Å². The number of piperidine rings is 1. The molecule has 122 valence electrons. The first-order valence-electron chi connectivity index (χ1n) is 7.75. The van der Waals surface area contributed by atoms with Crippen LogP contribution in [0.2, 0.25) is 5.02 Å². The van der Waals surface area contributed by atoms with E-state index in [4.69, 9.17) is 21.1 Å². The highest BCUT2D eigenvalue weighted by Gasteiger charge is 2.42. The third-order valence-corrected chi connectivity index (χ3v) is 5.04. The van der Waals surface area contributed by atoms with Gasteiger partial charge in [0.15, 0.2) is 5.79 Å². The molecule has 1 aromatic rings. The molecule has 0 atom stereocenters. The molecule has 0 saturated carbocycles. The van der Waals surface area contributed by atoms with Gasteiger partial charge in [0.2, 0.25) is 0 Å². The molecule has 23 heavy (non-hydrogen) atoms. The average Bonchev–Trinajstić information content (AvgIpc) is 3.10. The lowest BCUT2D eigenvalue weighted by molar-refractivity contribution is -0.185. The first-order chi connectivity index (χ1) is 11.1. The van der Waals surface area contributed by atoms with Crippen molar-refractivity contribution < 1.29 is 19.1 Å². The fraction of sp³-hybridized carbons (Fsp3) is 0.500. The second-order valence-electron chi connectivity index (χ2n) is 6.06. The summed E-state index contributed by atoms with van der Waals surface area (Å²) >= 11 is 6.07. The molecule has 3 aliphatic heterocycles. The largest absolute Gasteiger partial charge is 0.347 e. The van der Waals surface area contributed by atoms with Crippen LogP contribution in [-0.4, -0.2) is 55.3 Å². The zero-order chi connectivity index (χ0) is 16.0. The highest BCUT2D eigenvalue weighted by molar-refractivity contribution is 6.55. The Labute approximate surface area is 138 Å². The van der Waals surface area contributed by atoms with Gasteiger partial charge in [0.25, 0.3) is 5.78 Å². The number of Topliss-reactive ketones (excluding diaryl/α,β-unsaturated/α-hetero) is 1. The summed E-state index contributed by atoms with van der Waals surface area (Å²) in [6.45, 7) is 3.19. The van der Waals surface area contributed by atoms with Crippen molar-refractivity contribution in [2.45, 2.75) is 18.6 Å². The highest BCUT2D eigenvalue weighted by Crippen LogP contribution is 2.35. The van der Waals surface area contributed by atoms with E-state index in [0.29, 0.717) is 36.2 Å². The van der Waals surface area contributed by atoms with Crippen LogP contribution in [0.3, 0.4) is 0 Å². The van der Waals surface area contributed by atoms with Gasteiger partial charge in [-0.25, -0.2) is 0 Å². The number of likely N-dealkylation sites (tertiary alicyclic amines) is 1. The molecule has 3 aliphatic rings. The summed E-state index contributed by atoms with van der Waals surface area (Å²) in [5.41, 5.74) is 0.913. The number of carbonyl (C=O) groups excluding carboxylic acids is 2. The van der Waals surface area contributed by atoms with Crippen molar-refractivity contribution in [2.24, 2.45) is 0 Å². The molecule has 1 aromatic carbocycles. The number of rotatable bonds is 2. The monoisotopic (exact) mass is 336 g/mol. The van der Waals surface area contributed by atoms with Crippen molar-refractivity contribution in [1.82, 2.24) is 4.90 Å². The van der Waals surface area contributed by atoms with Crippen molar-refractivity contribution >= 4 is 29.0 Å². The summed E-state index contributed by atoms with van der Waals surface area (Å²) < 4.78 is 11.4. The molecule has 0 bridgehead atoms. The molecule has 7 heteroatoms. The average molecular weight is 337 g/mol. The highest BCUT2D eigenvalue weighted by atomic mass is 35.5. The number of hydrogen-bond acceptors (Lipinski definition) is 5. The van der Waals surface area contributed by atoms with Crippen molar-refractivity contribution in [3.63, 3.8) is 0 Å². The van der Waals surface area contributed by atoms with Crippen molar-refractivity contribution in [3.05, 3.63) is 28.8 Å². The smallest absolute Gasteiger partial charge is 0.300 e. The van der Waals surface area contributed by atoms with Gasteiger partial charge in [-0.15, -0.1) is 0 Å². The van der Waals surface area contributed by atoms with Gasteiger partial charge >= 0.3 is 5.91 Å². The van der Waals surface area contributed by atoms with E-state index in [0.717, 1.165) is 25.9 Å². The van der Waals surface area contributed by atoms with Crippen LogP contribution in [0, 0.1) is 0 Å². The van der Waals surface area contributed by atoms with Crippen LogP contribution in [0.15, 0.2) is 18.2 Å². The maximum Gasteiger partial charge on any atom is 0.300 e. The first-order valence-corrected chi connectivity index (χ1v) is 8.12. The normalized spacial score (nSPS) is 23.8. The van der Waals surface area contributed by atoms with E-state index in [1.165, 1.54) is 4.90 Å². The molecule has 0 unspecified atom stereocenters. The second kappa shape index (κ2) is 5.56. The zero-order valence-electron chi connectivity index (χ0n) is 12.6. The number of fused-ring (bicyclic) bond motifs is 1. The van der Waals surface area contributed by atoms with Crippen LogP contribution in [-0.2, 0) is 14.3 Å². The van der Waals surface area contributed by atoms with Crippen LogP contribution in [0.5, 0.6) is 0 Å². The Balaban J connectivity index is 1.49. The quantitative estimate of drug-likeness (QED) is 0.769. The number of nitrogens with zero attached hydrogens (tertiary/aromatic N) is 2. The Morgan fingerprint density at radius 2 is 1.83 bits per heavy atom. The Bertz CT molecular complexity index is 662. The summed E-state index contributed by atoms with van der Waals surface area (Å²) in [5, 5.41) is 0.328. The Morgan fingerprint density at radius 3 is 2.52 bits per heavy atom. The Hall–Kier alpha value is -1.47. The molecule has 3 heterocycles. The number of benzene rings is 1. The fourth-order valence-corrected chi connectivity index (χ4v) is 3.72. The number of anilines is 1. The molecule has 2 fully saturated rings. The maximum atomic E-state index is 12.3. The summed E-state index contributed by atoms with van der Waals surface area (Å²) in [5.74, 6) is -1.48. The predicted molar refractivity (Wildman–Crippen MR) is 83.6 cm³/mol. The van der Waals surface area contributed by atoms with Gasteiger partial charge in [0.1, 0.15) is 0 Å². The number of carbonyl (C=O) groups is 2. The standard InChI is InChI=1S/C16H17ClN2O4/c17-11-2-1-3-12-13(11)14(20)15(21)19(12)10-18-6-4-16(5-7-18)22-8-9-23-16/h1-3H,4-10H2. The van der Waals surface area contributed by atoms with Gasteiger partial charge in [-0.2, -0.15) is 0 Å². The van der Waals surface area contributed by atoms with E-state index < -0.39 is 17.5 Å². The molecule has 0 radical (unpaired) electrons. The molecular weight excluding hydrogens is 320 g/mol. The lowest BCUT2D eigenvalue weighted by Gasteiger charge is -2.38. The van der Waals surface area contributed by atoms with Gasteiger partial charge in [-0.05, 0) is 12.1 Å². The van der Waals surface area contributed by atoms with Crippen LogP contribution in [0.25, 0.3) is 0 Å². The molecule has 0 N–H and O–H groups in total. The number of ether oxygens (including phenoxy) is 2. The van der Waals surface area contributed by atoms with Crippen LogP contribution in [0.4, 0.5) is 5.69 Å². The number of halogens is 1. The van der Waals surface area contributed by atoms with E-state index in [-0.39, 0.29) is 0 Å². The van der Waals surface area contributed by atoms with Gasteiger partial charge in [-0.3, -0.25) is 19.4 Å². The molecule has 0 aliphatic carbocycles. The Kier molecular flexibility index (Phi) is 3.65. The number of ketones is 1. The SMILES string of the molecule is O=C1C(=O)N(CN2CCC3(CC2)OCCO3)c2cccc(Cl)c21. The van der Waals surface area contributed by atoms with Gasteiger partial charge in [0.05, 0.1) is 36.2 Å². The Morgan fingerprint density at radius 1 is 1.13 bits per heavy atom. The van der Waals surface area contributed by atoms with Crippen molar-refractivity contribution in [2.75, 3.05) is 37.9 Å². The number of amides is 1. The summed E-state index contributed by atoms with van der Waals surface area (Å²) in [6.07, 6.45) is 1.54. The number of hydrogen-bond donors (Lipinski definition) is 0. The molecular formula is C16H17ClN2O4. The first kappa shape index (κ1) is 15.1. The van der Waals surface area contributed by atoms with Gasteiger partial charge in [0, 0.05) is 25.9 Å². The topological polar surface area (TPSA) is 59.1 Å². The fourth-order valence-electron chi connectivity index (χ4n) is 3.46. The summed E-state index contributed by atoms with van der Waals surface area (Å²) in [4.78, 5) is 28.1. The van der Waals surface area contributed by atoms with E-state index in [9.17, 15) is 9.59 Å². The molecule has 0 aromatic heterocycles. The second-order valence-corrected chi connectivity index (χ2v) is 6.47. The van der Waals surface area contributed by atoms with Gasteiger partial charge in [-0.1, -0.05) is 17.7 Å². The van der Waals surface area contributed by atoms with Crippen molar-refractivity contribution in [3.8, 4) is 0 Å². The minimum atomic E-state index is -0.526. The van der Waals surface area contributed by atoms with E-state index in [1.54, 1.807) is 18.2 Å². The predicted octanol–water partition coefficient (Wildman–Crippen LogP) is 1.67. The molecule has 2 saturated heterocycles. The maximum absolute atomic E-state index is 12.3. The molecule has 6 nitrogen and oxygen atoms in total. The van der Waals surface area contributed by atoms with E-state index >= 15 is 0 Å². The van der Waals surface area contributed by atoms with Crippen molar-refractivity contribution in [1.29, 1.82) is 0 Å². The van der Waals surface area contributed by atoms with E-state index in [2.05, 4.69) is 4.90 Å². The van der Waals surface area contributed by atoms with Crippen LogP contribution in [0.1, 0.15) is 23.2 Å². The van der Waals surface area contributed by atoms with Gasteiger partial charge < -0.3 is 9.47 Å². The summed E-state index contributed by atoms with van der Waals surface area (Å²) in [6, 6.07) is 5.15. The third-order valence-electron chi connectivity index (χ3n) is 4.72. The zero-order valence-corrected chi connectivity index (χ0v) is 13.3. The lowest BCUT2D eigenvalue weighted by atomic mass is 10.0. The molecule has 4 rings (SSSR count). The van der Waals surface area contributed by atoms with Crippen LogP contribution >= 0.6 is 11.6 Å². The minimum absolute atomic E-state index is 0.315. The minimum Gasteiger partial charge on any atom is -0.347 e. The lowest BCUT2D eigenvalue weighted by Crippen LogP contribution is -2.49.